The first-order chi connectivity index (χ1) is 20.6. The Labute approximate surface area is 247 Å². The van der Waals surface area contributed by atoms with Gasteiger partial charge in [-0.1, -0.05) is 28.7 Å². The largest absolute Gasteiger partial charge is 0.404 e. The first-order valence-electron chi connectivity index (χ1n) is 12.3. The molecule has 13 nitrogen and oxygen atoms in total. The summed E-state index contributed by atoms with van der Waals surface area (Å²) < 4.78 is 0. The van der Waals surface area contributed by atoms with E-state index in [1.807, 2.05) is 49.4 Å². The van der Waals surface area contributed by atoms with Crippen LogP contribution in [-0.4, -0.2) is 52.8 Å². The van der Waals surface area contributed by atoms with Crippen LogP contribution in [0, 0.1) is 10.8 Å². The zero-order chi connectivity index (χ0) is 29.3. The summed E-state index contributed by atoms with van der Waals surface area (Å²) in [5.74, 6) is 1.35. The molecular formula is C27H23N13S2. The van der Waals surface area contributed by atoms with Gasteiger partial charge in [0.1, 0.15) is 22.7 Å². The summed E-state index contributed by atoms with van der Waals surface area (Å²) in [6.07, 6.45) is 9.17. The van der Waals surface area contributed by atoms with Crippen LogP contribution in [0.4, 0.5) is 21.9 Å². The Hall–Kier alpha value is -5.54. The van der Waals surface area contributed by atoms with Gasteiger partial charge in [-0.15, -0.1) is 20.4 Å². The highest BCUT2D eigenvalue weighted by Gasteiger charge is 2.07. The highest BCUT2D eigenvalue weighted by molar-refractivity contribution is 7.13. The minimum absolute atomic E-state index is 0.591. The van der Waals surface area contributed by atoms with Crippen LogP contribution < -0.4 is 16.4 Å². The summed E-state index contributed by atoms with van der Waals surface area (Å²) in [4.78, 5) is 17.7. The SMILES string of the molecule is C/C=C(\C=N)c1cnc2ccc(Nc3nncs3)nc2c1.N=C/C(=C\N)c1cnc2ccc(Nc3nncs3)nc2c1. The first-order valence-corrected chi connectivity index (χ1v) is 14.1. The molecule has 6 heterocycles. The summed E-state index contributed by atoms with van der Waals surface area (Å²) in [6, 6.07) is 11.2. The van der Waals surface area contributed by atoms with Crippen molar-refractivity contribution in [2.45, 2.75) is 6.92 Å². The monoisotopic (exact) mass is 593 g/mol. The molecule has 6 rings (SSSR count). The Kier molecular flexibility index (Phi) is 8.81. The maximum Gasteiger partial charge on any atom is 0.210 e. The van der Waals surface area contributed by atoms with Crippen molar-refractivity contribution in [1.82, 2.24) is 40.3 Å². The molecule has 0 aromatic carbocycles. The quantitative estimate of drug-likeness (QED) is 0.140. The number of nitrogens with two attached hydrogens (primary N) is 1. The fourth-order valence-electron chi connectivity index (χ4n) is 3.70. The van der Waals surface area contributed by atoms with E-state index >= 15 is 0 Å². The molecule has 6 N–H and O–H groups in total. The van der Waals surface area contributed by atoms with Crippen molar-refractivity contribution in [2.24, 2.45) is 5.73 Å². The summed E-state index contributed by atoms with van der Waals surface area (Å²) >= 11 is 2.80. The van der Waals surface area contributed by atoms with Crippen LogP contribution >= 0.6 is 22.7 Å². The molecule has 0 spiro atoms. The second-order valence-electron chi connectivity index (χ2n) is 8.31. The van der Waals surface area contributed by atoms with Crippen molar-refractivity contribution in [2.75, 3.05) is 10.6 Å². The number of nitrogens with zero attached hydrogens (tertiary/aromatic N) is 8. The van der Waals surface area contributed by atoms with Gasteiger partial charge in [-0.2, -0.15) is 0 Å². The van der Waals surface area contributed by atoms with Crippen LogP contribution in [0.25, 0.3) is 33.2 Å². The molecule has 42 heavy (non-hydrogen) atoms. The van der Waals surface area contributed by atoms with Crippen molar-refractivity contribution in [3.63, 3.8) is 0 Å². The van der Waals surface area contributed by atoms with Gasteiger partial charge in [0.2, 0.25) is 10.3 Å². The van der Waals surface area contributed by atoms with Crippen LogP contribution in [0.3, 0.4) is 0 Å². The fourth-order valence-corrected chi connectivity index (χ4v) is 4.61. The van der Waals surface area contributed by atoms with Crippen LogP contribution in [0.2, 0.25) is 0 Å². The molecule has 0 aliphatic rings. The number of nitrogens with one attached hydrogen (secondary N) is 4. The summed E-state index contributed by atoms with van der Waals surface area (Å²) in [6.45, 7) is 1.89. The lowest BCUT2D eigenvalue weighted by Gasteiger charge is -2.05. The molecule has 0 unspecified atom stereocenters. The Morgan fingerprint density at radius 2 is 1.24 bits per heavy atom. The third-order valence-corrected chi connectivity index (χ3v) is 6.95. The van der Waals surface area contributed by atoms with E-state index in [2.05, 4.69) is 51.0 Å². The van der Waals surface area contributed by atoms with Gasteiger partial charge in [-0.3, -0.25) is 9.97 Å². The van der Waals surface area contributed by atoms with E-state index in [0.29, 0.717) is 33.0 Å². The maximum atomic E-state index is 7.41. The summed E-state index contributed by atoms with van der Waals surface area (Å²) in [7, 11) is 0. The van der Waals surface area contributed by atoms with E-state index in [1.54, 1.807) is 23.4 Å². The van der Waals surface area contributed by atoms with Crippen molar-refractivity contribution in [3.05, 3.63) is 83.2 Å². The lowest BCUT2D eigenvalue weighted by molar-refractivity contribution is 1.09. The molecule has 0 saturated heterocycles. The van der Waals surface area contributed by atoms with Gasteiger partial charge in [0.25, 0.3) is 0 Å². The number of anilines is 4. The second-order valence-corrected chi connectivity index (χ2v) is 9.98. The molecule has 208 valence electrons. The lowest BCUT2D eigenvalue weighted by atomic mass is 10.1. The molecule has 6 aromatic heterocycles. The van der Waals surface area contributed by atoms with Gasteiger partial charge < -0.3 is 27.2 Å². The van der Waals surface area contributed by atoms with Crippen LogP contribution in [-0.2, 0) is 0 Å². The van der Waals surface area contributed by atoms with Crippen LogP contribution in [0.5, 0.6) is 0 Å². The number of hydrogen-bond donors (Lipinski definition) is 5. The summed E-state index contributed by atoms with van der Waals surface area (Å²) in [5.41, 5.74) is 14.9. The van der Waals surface area contributed by atoms with E-state index in [-0.39, 0.29) is 0 Å². The third-order valence-electron chi connectivity index (χ3n) is 5.73. The average Bonchev–Trinajstić information content (AvgIpc) is 3.73. The van der Waals surface area contributed by atoms with E-state index in [0.717, 1.165) is 33.3 Å². The highest BCUT2D eigenvalue weighted by atomic mass is 32.1. The van der Waals surface area contributed by atoms with Gasteiger partial charge in [0.05, 0.1) is 22.1 Å². The number of fused-ring (bicyclic) bond motifs is 2. The molecule has 0 saturated carbocycles. The molecule has 0 atom stereocenters. The fraction of sp³-hybridized carbons (Fsp3) is 0.0370. The van der Waals surface area contributed by atoms with Crippen molar-refractivity contribution in [1.29, 1.82) is 10.8 Å². The second kappa shape index (κ2) is 13.2. The number of pyridine rings is 4. The zero-order valence-corrected chi connectivity index (χ0v) is 23.7. The smallest absolute Gasteiger partial charge is 0.210 e. The molecule has 0 bridgehead atoms. The minimum Gasteiger partial charge on any atom is -0.404 e. The molecule has 0 radical (unpaired) electrons. The Morgan fingerprint density at radius 3 is 1.64 bits per heavy atom. The van der Waals surface area contributed by atoms with Crippen LogP contribution in [0.15, 0.2) is 72.1 Å². The van der Waals surface area contributed by atoms with Crippen LogP contribution in [0.1, 0.15) is 18.1 Å². The molecule has 0 aliphatic carbocycles. The Morgan fingerprint density at radius 1 is 0.738 bits per heavy atom. The standard InChI is InChI=1S/C14H12N6S.C13H11N7S/c1-2-9(6-15)10-5-12-11(16-7-10)3-4-13(18-12)19-14-20-17-8-21-14;14-4-9(5-15)8-3-11-10(16-6-8)1-2-12(18-11)19-13-20-17-7-21-13/h2-8,15H,1H3,(H,18,19,20);1-7,14H,15H2,(H,18,19,20)/b9-2+,15-6?;9-5+,14-4?. The molecule has 0 fully saturated rings. The minimum atomic E-state index is 0.591. The molecule has 6 aromatic rings. The molecule has 0 aliphatic heterocycles. The van der Waals surface area contributed by atoms with Gasteiger partial charge in [0.15, 0.2) is 0 Å². The average molecular weight is 594 g/mol. The van der Waals surface area contributed by atoms with Crippen molar-refractivity contribution >= 4 is 90.2 Å². The lowest BCUT2D eigenvalue weighted by Crippen LogP contribution is -1.96. The highest BCUT2D eigenvalue weighted by Crippen LogP contribution is 2.22. The number of aromatic nitrogens is 8. The normalized spacial score (nSPS) is 11.5. The number of allylic oxidation sites excluding steroid dienone is 3. The number of hydrogen-bond acceptors (Lipinski definition) is 15. The zero-order valence-electron chi connectivity index (χ0n) is 22.1. The summed E-state index contributed by atoms with van der Waals surface area (Å²) in [5, 5.41) is 37.7. The van der Waals surface area contributed by atoms with E-state index < -0.39 is 0 Å². The van der Waals surface area contributed by atoms with E-state index in [1.165, 1.54) is 41.3 Å². The Bertz CT molecular complexity index is 1760. The van der Waals surface area contributed by atoms with E-state index in [4.69, 9.17) is 16.6 Å². The third kappa shape index (κ3) is 6.60. The van der Waals surface area contributed by atoms with Gasteiger partial charge >= 0.3 is 0 Å². The predicted molar refractivity (Wildman–Crippen MR) is 169 cm³/mol. The Balaban J connectivity index is 0.000000168. The maximum absolute atomic E-state index is 7.41. The molecule has 0 amide bonds. The first kappa shape index (κ1) is 28.0. The van der Waals surface area contributed by atoms with Crippen molar-refractivity contribution in [3.8, 4) is 0 Å². The predicted octanol–water partition coefficient (Wildman–Crippen LogP) is 5.45. The number of rotatable bonds is 8. The van der Waals surface area contributed by atoms with Gasteiger partial charge in [-0.25, -0.2) is 9.97 Å². The van der Waals surface area contributed by atoms with Gasteiger partial charge in [-0.05, 0) is 48.9 Å². The van der Waals surface area contributed by atoms with E-state index in [9.17, 15) is 0 Å². The topological polar surface area (TPSA) is 201 Å². The molecular weight excluding hydrogens is 571 g/mol. The van der Waals surface area contributed by atoms with Gasteiger partial charge in [0, 0.05) is 47.7 Å². The van der Waals surface area contributed by atoms with Crippen molar-refractivity contribution < 1.29 is 0 Å². The molecule has 15 heteroatoms.